The predicted molar refractivity (Wildman–Crippen MR) is 97.3 cm³/mol. The van der Waals surface area contributed by atoms with Gasteiger partial charge in [-0.05, 0) is 31.0 Å². The van der Waals surface area contributed by atoms with E-state index in [0.29, 0.717) is 38.5 Å². The summed E-state index contributed by atoms with van der Waals surface area (Å²) < 4.78 is 5.77. The number of nitrogens with zero attached hydrogens (tertiary/aromatic N) is 2. The summed E-state index contributed by atoms with van der Waals surface area (Å²) in [5.41, 5.74) is 6.79. The Hall–Kier alpha value is -2.08. The number of ether oxygens (including phenoxy) is 1. The zero-order valence-electron chi connectivity index (χ0n) is 15.4. The smallest absolute Gasteiger partial charge is 0.263 e. The summed E-state index contributed by atoms with van der Waals surface area (Å²) in [4.78, 5) is 28.3. The highest BCUT2D eigenvalue weighted by molar-refractivity contribution is 5.82. The van der Waals surface area contributed by atoms with E-state index < -0.39 is 6.10 Å². The molecule has 2 amide bonds. The number of hydrogen-bond donors (Lipinski definition) is 1. The highest BCUT2D eigenvalue weighted by Crippen LogP contribution is 2.16. The van der Waals surface area contributed by atoms with Gasteiger partial charge in [0.05, 0.1) is 0 Å². The van der Waals surface area contributed by atoms with E-state index in [1.165, 1.54) is 5.56 Å². The number of aryl methyl sites for hydroxylation is 1. The van der Waals surface area contributed by atoms with Crippen LogP contribution in [0.25, 0.3) is 0 Å². The largest absolute Gasteiger partial charge is 0.481 e. The lowest BCUT2D eigenvalue weighted by atomic mass is 10.1. The fraction of sp³-hybridized carbons (Fsp3) is 0.579. The van der Waals surface area contributed by atoms with Gasteiger partial charge in [-0.3, -0.25) is 9.59 Å². The summed E-state index contributed by atoms with van der Waals surface area (Å²) in [6, 6.07) is 7.81. The number of carbonyl (C=O) groups is 2. The molecule has 2 N–H and O–H groups in total. The molecule has 0 radical (unpaired) electrons. The summed E-state index contributed by atoms with van der Waals surface area (Å²) in [7, 11) is 0. The molecule has 1 saturated heterocycles. The van der Waals surface area contributed by atoms with Crippen LogP contribution < -0.4 is 10.5 Å². The molecule has 0 saturated carbocycles. The van der Waals surface area contributed by atoms with Crippen molar-refractivity contribution in [1.82, 2.24) is 9.80 Å². The lowest BCUT2D eigenvalue weighted by Gasteiger charge is -2.36. The number of nitrogens with two attached hydrogens (primary N) is 1. The molecule has 0 aliphatic carbocycles. The molecule has 1 fully saturated rings. The topological polar surface area (TPSA) is 75.9 Å². The highest BCUT2D eigenvalue weighted by Gasteiger charge is 2.29. The van der Waals surface area contributed by atoms with Crippen LogP contribution in [0.3, 0.4) is 0 Å². The molecule has 0 spiro atoms. The Bertz CT molecular complexity index is 580. The normalized spacial score (nSPS) is 17.1. The molecule has 0 aromatic heterocycles. The Labute approximate surface area is 149 Å². The molecule has 6 heteroatoms. The predicted octanol–water partition coefficient (Wildman–Crippen LogP) is 1.28. The average Bonchev–Trinajstić information content (AvgIpc) is 2.66. The monoisotopic (exact) mass is 347 g/mol. The van der Waals surface area contributed by atoms with E-state index in [4.69, 9.17) is 10.5 Å². The van der Waals surface area contributed by atoms with Crippen molar-refractivity contribution in [2.75, 3.05) is 32.7 Å². The van der Waals surface area contributed by atoms with Crippen LogP contribution in [0.1, 0.15) is 26.3 Å². The van der Waals surface area contributed by atoms with Crippen molar-refractivity contribution in [3.63, 3.8) is 0 Å². The van der Waals surface area contributed by atoms with Gasteiger partial charge in [-0.1, -0.05) is 26.0 Å². The van der Waals surface area contributed by atoms with Crippen LogP contribution in [0.2, 0.25) is 0 Å². The average molecular weight is 347 g/mol. The van der Waals surface area contributed by atoms with Crippen molar-refractivity contribution in [2.24, 2.45) is 11.7 Å². The molecular weight excluding hydrogens is 318 g/mol. The molecule has 1 heterocycles. The molecule has 2 unspecified atom stereocenters. The number of benzene rings is 1. The van der Waals surface area contributed by atoms with E-state index in [9.17, 15) is 9.59 Å². The van der Waals surface area contributed by atoms with E-state index in [1.807, 2.05) is 31.2 Å². The number of rotatable bonds is 6. The van der Waals surface area contributed by atoms with Crippen molar-refractivity contribution in [3.8, 4) is 5.75 Å². The maximum atomic E-state index is 12.6. The zero-order chi connectivity index (χ0) is 18.4. The van der Waals surface area contributed by atoms with Gasteiger partial charge in [-0.25, -0.2) is 0 Å². The number of carbonyl (C=O) groups excluding carboxylic acids is 2. The third kappa shape index (κ3) is 4.95. The maximum absolute atomic E-state index is 12.6. The lowest BCUT2D eigenvalue weighted by molar-refractivity contribution is -0.145. The molecule has 1 aliphatic rings. The van der Waals surface area contributed by atoms with Gasteiger partial charge in [0.2, 0.25) is 5.91 Å². The van der Waals surface area contributed by atoms with Crippen molar-refractivity contribution >= 4 is 11.8 Å². The van der Waals surface area contributed by atoms with E-state index >= 15 is 0 Å². The van der Waals surface area contributed by atoms with E-state index in [0.717, 1.165) is 6.42 Å². The summed E-state index contributed by atoms with van der Waals surface area (Å²) in [5.74, 6) is 0.549. The number of amides is 2. The molecule has 25 heavy (non-hydrogen) atoms. The van der Waals surface area contributed by atoms with E-state index in [-0.39, 0.29) is 17.7 Å². The molecule has 1 aromatic carbocycles. The minimum Gasteiger partial charge on any atom is -0.481 e. The molecule has 1 aromatic rings. The van der Waals surface area contributed by atoms with E-state index in [1.54, 1.807) is 16.7 Å². The van der Waals surface area contributed by atoms with Crippen LogP contribution >= 0.6 is 0 Å². The molecule has 138 valence electrons. The third-order valence-electron chi connectivity index (χ3n) is 4.67. The first kappa shape index (κ1) is 19.2. The molecule has 0 bridgehead atoms. The zero-order valence-corrected chi connectivity index (χ0v) is 15.4. The summed E-state index contributed by atoms with van der Waals surface area (Å²) in [6.07, 6.45) is 0.429. The van der Waals surface area contributed by atoms with Gasteiger partial charge in [0.25, 0.3) is 5.91 Å². The fourth-order valence-electron chi connectivity index (χ4n) is 2.88. The third-order valence-corrected chi connectivity index (χ3v) is 4.67. The van der Waals surface area contributed by atoms with E-state index in [2.05, 4.69) is 6.92 Å². The lowest BCUT2D eigenvalue weighted by Crippen LogP contribution is -2.54. The molecule has 6 nitrogen and oxygen atoms in total. The minimum atomic E-state index is -0.544. The summed E-state index contributed by atoms with van der Waals surface area (Å²) in [5, 5.41) is 0. The first-order valence-corrected chi connectivity index (χ1v) is 8.99. The van der Waals surface area contributed by atoms with Gasteiger partial charge >= 0.3 is 0 Å². The second kappa shape index (κ2) is 8.85. The molecular formula is C19H29N3O3. The Kier molecular flexibility index (Phi) is 6.82. The molecule has 1 aliphatic heterocycles. The van der Waals surface area contributed by atoms with Gasteiger partial charge < -0.3 is 20.3 Å². The second-order valence-corrected chi connectivity index (χ2v) is 6.54. The fourth-order valence-corrected chi connectivity index (χ4v) is 2.88. The van der Waals surface area contributed by atoms with Gasteiger partial charge in [0.1, 0.15) is 5.75 Å². The summed E-state index contributed by atoms with van der Waals surface area (Å²) >= 11 is 0. The van der Waals surface area contributed by atoms with Crippen LogP contribution in [0, 0.1) is 5.92 Å². The number of piperazine rings is 1. The standard InChI is InChI=1S/C19H29N3O3/c1-4-16-5-7-17(8-6-16)25-15(3)19(24)22-11-9-21(10-12-22)18(23)14(2)13-20/h5-8,14-15H,4,9-13,20H2,1-3H3. The van der Waals surface area contributed by atoms with Crippen LogP contribution in [-0.4, -0.2) is 60.4 Å². The SMILES string of the molecule is CCc1ccc(OC(C)C(=O)N2CCN(C(=O)C(C)CN)CC2)cc1. The Balaban J connectivity index is 1.85. The Morgan fingerprint density at radius 3 is 2.04 bits per heavy atom. The van der Waals surface area contributed by atoms with Gasteiger partial charge in [-0.15, -0.1) is 0 Å². The molecule has 2 atom stereocenters. The van der Waals surface area contributed by atoms with Crippen LogP contribution in [-0.2, 0) is 16.0 Å². The van der Waals surface area contributed by atoms with Gasteiger partial charge in [0.15, 0.2) is 6.10 Å². The molecule has 2 rings (SSSR count). The Morgan fingerprint density at radius 1 is 1.04 bits per heavy atom. The van der Waals surface area contributed by atoms with Gasteiger partial charge in [0, 0.05) is 38.6 Å². The maximum Gasteiger partial charge on any atom is 0.263 e. The van der Waals surface area contributed by atoms with Crippen molar-refractivity contribution < 1.29 is 14.3 Å². The van der Waals surface area contributed by atoms with Crippen molar-refractivity contribution in [3.05, 3.63) is 29.8 Å². The van der Waals surface area contributed by atoms with Crippen molar-refractivity contribution in [2.45, 2.75) is 33.3 Å². The van der Waals surface area contributed by atoms with Gasteiger partial charge in [-0.2, -0.15) is 0 Å². The quantitative estimate of drug-likeness (QED) is 0.841. The van der Waals surface area contributed by atoms with Crippen molar-refractivity contribution in [1.29, 1.82) is 0 Å². The minimum absolute atomic E-state index is 0.0430. The van der Waals surface area contributed by atoms with Crippen LogP contribution in [0.5, 0.6) is 5.75 Å². The first-order chi connectivity index (χ1) is 12.0. The van der Waals surface area contributed by atoms with Crippen LogP contribution in [0.4, 0.5) is 0 Å². The highest BCUT2D eigenvalue weighted by atomic mass is 16.5. The van der Waals surface area contributed by atoms with Crippen LogP contribution in [0.15, 0.2) is 24.3 Å². The second-order valence-electron chi connectivity index (χ2n) is 6.54. The number of hydrogen-bond acceptors (Lipinski definition) is 4. The first-order valence-electron chi connectivity index (χ1n) is 8.99. The summed E-state index contributed by atoms with van der Waals surface area (Å²) in [6.45, 7) is 8.21. The Morgan fingerprint density at radius 2 is 1.56 bits per heavy atom.